The minimum atomic E-state index is 0.356. The van der Waals surface area contributed by atoms with Gasteiger partial charge in [-0.25, -0.2) is 4.98 Å². The second kappa shape index (κ2) is 21.2. The average molecular weight is 1210 g/mol. The molecule has 0 aliphatic carbocycles. The first-order valence-corrected chi connectivity index (χ1v) is 32.3. The van der Waals surface area contributed by atoms with E-state index in [0.717, 1.165) is 111 Å². The molecule has 0 atom stereocenters. The van der Waals surface area contributed by atoms with Gasteiger partial charge in [0.15, 0.2) is 5.58 Å². The van der Waals surface area contributed by atoms with Crippen LogP contribution >= 0.6 is 0 Å². The van der Waals surface area contributed by atoms with Crippen molar-refractivity contribution in [2.24, 2.45) is 0 Å². The van der Waals surface area contributed by atoms with Crippen molar-refractivity contribution in [2.45, 2.75) is 13.8 Å². The first kappa shape index (κ1) is 54.0. The number of hydrogen-bond acceptors (Lipinski definition) is 3. The second-order valence-electron chi connectivity index (χ2n) is 25.0. The maximum Gasteiger partial charge on any atom is 0.229 e. The minimum Gasteiger partial charge on any atom is -0.436 e. The monoisotopic (exact) mass is 1210 g/mol. The lowest BCUT2D eigenvalue weighted by atomic mass is 9.77. The van der Waals surface area contributed by atoms with E-state index in [2.05, 4.69) is 317 Å². The van der Waals surface area contributed by atoms with Gasteiger partial charge in [0.25, 0.3) is 0 Å². The molecule has 5 heterocycles. The summed E-state index contributed by atoms with van der Waals surface area (Å²) in [7, 11) is 0. The molecular formula is C88H56N6O. The molecule has 95 heavy (non-hydrogen) atoms. The van der Waals surface area contributed by atoms with E-state index >= 15 is 0 Å². The van der Waals surface area contributed by atoms with Gasteiger partial charge in [-0.05, 0) is 169 Å². The molecule has 444 valence electrons. The number of aryl methyl sites for hydroxylation is 2. The van der Waals surface area contributed by atoms with E-state index in [1.54, 1.807) is 0 Å². The standard InChI is InChI=1S/C88H56N6O/c1-54-31-49-80-70(51-54)71-52-55(2)32-50-81(71)94(80)63-45-37-58(38-46-63)85-84(57-35-43-61(44-36-57)92-76-26-12-5-19-66(76)67-20-6-13-27-77(67)92)83(56-33-41-60(42-34-56)91-74-24-10-3-17-64(74)65-18-4-11-25-75(65)91)72(53-89)87(88-90-73-23-9-16-30-82(73)95-88)86(85)59-39-47-62(48-40-59)93-78-28-14-7-21-68(78)69-22-8-15-29-79(69)93/h3-52H,1-2H3. The van der Waals surface area contributed by atoms with Crippen LogP contribution in [0.3, 0.4) is 0 Å². The van der Waals surface area contributed by atoms with E-state index in [1.165, 1.54) is 54.2 Å². The van der Waals surface area contributed by atoms with Gasteiger partial charge in [-0.2, -0.15) is 5.26 Å². The fourth-order valence-corrected chi connectivity index (χ4v) is 15.4. The van der Waals surface area contributed by atoms with E-state index in [0.29, 0.717) is 28.1 Å². The molecule has 0 radical (unpaired) electrons. The van der Waals surface area contributed by atoms with Crippen LogP contribution in [0.15, 0.2) is 308 Å². The summed E-state index contributed by atoms with van der Waals surface area (Å²) in [6.45, 7) is 4.33. The molecular weight excluding hydrogens is 1160 g/mol. The molecule has 5 aromatic heterocycles. The fourth-order valence-electron chi connectivity index (χ4n) is 15.4. The summed E-state index contributed by atoms with van der Waals surface area (Å²) in [6.07, 6.45) is 0. The van der Waals surface area contributed by atoms with Crippen LogP contribution in [-0.4, -0.2) is 23.3 Å². The van der Waals surface area contributed by atoms with Gasteiger partial charge >= 0.3 is 0 Å². The molecule has 19 rings (SSSR count). The second-order valence-corrected chi connectivity index (χ2v) is 25.0. The zero-order valence-corrected chi connectivity index (χ0v) is 52.0. The molecule has 14 aromatic carbocycles. The van der Waals surface area contributed by atoms with Gasteiger partial charge in [0.2, 0.25) is 5.89 Å². The van der Waals surface area contributed by atoms with Gasteiger partial charge in [0.05, 0.1) is 55.3 Å². The topological polar surface area (TPSA) is 69.5 Å². The van der Waals surface area contributed by atoms with Crippen LogP contribution in [0.4, 0.5) is 0 Å². The van der Waals surface area contributed by atoms with Crippen LogP contribution in [0.25, 0.3) is 177 Å². The van der Waals surface area contributed by atoms with Crippen molar-refractivity contribution >= 4 is 98.3 Å². The molecule has 0 N–H and O–H groups in total. The van der Waals surface area contributed by atoms with Crippen LogP contribution in [0.2, 0.25) is 0 Å². The molecule has 0 unspecified atom stereocenters. The quantitative estimate of drug-likeness (QED) is 0.145. The van der Waals surface area contributed by atoms with Gasteiger partial charge in [-0.1, -0.05) is 193 Å². The third kappa shape index (κ3) is 8.28. The van der Waals surface area contributed by atoms with Crippen LogP contribution in [0, 0.1) is 25.2 Å². The lowest BCUT2D eigenvalue weighted by Crippen LogP contribution is -2.03. The Morgan fingerprint density at radius 2 is 0.568 bits per heavy atom. The van der Waals surface area contributed by atoms with Crippen molar-refractivity contribution in [3.63, 3.8) is 0 Å². The summed E-state index contributed by atoms with van der Waals surface area (Å²) in [6, 6.07) is 112. The SMILES string of the molecule is Cc1ccc2c(c1)c1cc(C)ccc1n2-c1ccc(-c2c(-c3ccc(-n4c5ccccc5c5ccccc54)cc3)c(-c3ccc(-n4c5ccccc5c5ccccc54)cc3)c(C#N)c(-c3nc4ccccc4o3)c2-c2ccc(-n3c4ccccc4c4ccccc43)cc2)cc1. The van der Waals surface area contributed by atoms with Gasteiger partial charge < -0.3 is 22.7 Å². The van der Waals surface area contributed by atoms with Crippen LogP contribution in [-0.2, 0) is 0 Å². The average Bonchev–Trinajstić information content (AvgIpc) is 1.53. The minimum absolute atomic E-state index is 0.356. The number of benzene rings is 14. The predicted molar refractivity (Wildman–Crippen MR) is 393 cm³/mol. The Kier molecular flexibility index (Phi) is 12.0. The summed E-state index contributed by atoms with van der Waals surface area (Å²) < 4.78 is 16.5. The highest BCUT2D eigenvalue weighted by Crippen LogP contribution is 2.54. The number of nitriles is 1. The Labute approximate surface area is 546 Å². The van der Waals surface area contributed by atoms with Gasteiger partial charge in [-0.3, -0.25) is 0 Å². The van der Waals surface area contributed by atoms with Gasteiger partial charge in [-0.15, -0.1) is 0 Å². The Hall–Kier alpha value is -12.8. The Morgan fingerprint density at radius 1 is 0.284 bits per heavy atom. The number of aromatic nitrogens is 5. The predicted octanol–water partition coefficient (Wildman–Crippen LogP) is 23.0. The number of para-hydroxylation sites is 8. The number of oxazole rings is 1. The molecule has 19 aromatic rings. The molecule has 0 spiro atoms. The third-order valence-electron chi connectivity index (χ3n) is 19.6. The number of rotatable bonds is 9. The smallest absolute Gasteiger partial charge is 0.229 e. The van der Waals surface area contributed by atoms with Crippen molar-refractivity contribution < 1.29 is 4.42 Å². The van der Waals surface area contributed by atoms with E-state index in [-0.39, 0.29) is 0 Å². The van der Waals surface area contributed by atoms with E-state index in [1.807, 2.05) is 24.3 Å². The summed E-state index contributed by atoms with van der Waals surface area (Å²) >= 11 is 0. The van der Waals surface area contributed by atoms with Crippen LogP contribution < -0.4 is 0 Å². The summed E-state index contributed by atoms with van der Waals surface area (Å²) in [5.74, 6) is 0.356. The maximum atomic E-state index is 12.5. The molecule has 0 aliphatic heterocycles. The molecule has 0 saturated heterocycles. The Morgan fingerprint density at radius 3 is 0.905 bits per heavy atom. The van der Waals surface area contributed by atoms with Crippen molar-refractivity contribution in [2.75, 3.05) is 0 Å². The summed E-state index contributed by atoms with van der Waals surface area (Å²) in [4.78, 5) is 5.36. The zero-order chi connectivity index (χ0) is 63.0. The normalized spacial score (nSPS) is 11.9. The van der Waals surface area contributed by atoms with Gasteiger partial charge in [0, 0.05) is 77.0 Å². The lowest BCUT2D eigenvalue weighted by molar-refractivity contribution is 0.620. The fraction of sp³-hybridized carbons (Fsp3) is 0.0227. The van der Waals surface area contributed by atoms with Crippen LogP contribution in [0.5, 0.6) is 0 Å². The van der Waals surface area contributed by atoms with E-state index in [9.17, 15) is 5.26 Å². The Bertz CT molecular complexity index is 6150. The molecule has 0 aliphatic rings. The molecule has 7 nitrogen and oxygen atoms in total. The Balaban J connectivity index is 0.923. The lowest BCUT2D eigenvalue weighted by Gasteiger charge is -2.25. The highest BCUT2D eigenvalue weighted by Gasteiger charge is 2.32. The summed E-state index contributed by atoms with van der Waals surface area (Å²) in [5, 5.41) is 22.1. The van der Waals surface area contributed by atoms with Crippen LogP contribution in [0.1, 0.15) is 16.7 Å². The van der Waals surface area contributed by atoms with Crippen molar-refractivity contribution in [3.8, 4) is 84.8 Å². The maximum absolute atomic E-state index is 12.5. The number of fused-ring (bicyclic) bond motifs is 13. The highest BCUT2D eigenvalue weighted by atomic mass is 16.3. The highest BCUT2D eigenvalue weighted by molar-refractivity contribution is 6.15. The third-order valence-corrected chi connectivity index (χ3v) is 19.6. The van der Waals surface area contributed by atoms with E-state index in [4.69, 9.17) is 9.40 Å². The zero-order valence-electron chi connectivity index (χ0n) is 52.0. The van der Waals surface area contributed by atoms with Crippen molar-refractivity contribution in [1.82, 2.24) is 23.3 Å². The summed E-state index contributed by atoms with van der Waals surface area (Å²) in [5.41, 5.74) is 25.0. The first-order chi connectivity index (χ1) is 46.9. The molecule has 7 heteroatoms. The molecule has 0 amide bonds. The number of nitrogens with zero attached hydrogens (tertiary/aromatic N) is 6. The molecule has 0 bridgehead atoms. The molecule has 0 fully saturated rings. The largest absolute Gasteiger partial charge is 0.436 e. The number of hydrogen-bond donors (Lipinski definition) is 0. The first-order valence-electron chi connectivity index (χ1n) is 32.3. The molecule has 0 saturated carbocycles. The van der Waals surface area contributed by atoms with Gasteiger partial charge in [0.1, 0.15) is 11.6 Å². The van der Waals surface area contributed by atoms with Crippen molar-refractivity contribution in [3.05, 3.63) is 320 Å². The van der Waals surface area contributed by atoms with E-state index < -0.39 is 0 Å². The van der Waals surface area contributed by atoms with Crippen molar-refractivity contribution in [1.29, 1.82) is 5.26 Å².